The molecule has 1 fully saturated rings. The number of nitrogen functional groups attached to an aromatic ring is 1. The topological polar surface area (TPSA) is 63.8 Å². The van der Waals surface area contributed by atoms with Crippen molar-refractivity contribution in [2.75, 3.05) is 11.2 Å². The molecular formula is C15H22N4S2. The molecule has 0 bridgehead atoms. The summed E-state index contributed by atoms with van der Waals surface area (Å²) in [5, 5.41) is 1.07. The van der Waals surface area contributed by atoms with Crippen molar-refractivity contribution >= 4 is 39.1 Å². The van der Waals surface area contributed by atoms with E-state index < -0.39 is 0 Å². The first kappa shape index (κ1) is 15.1. The van der Waals surface area contributed by atoms with Crippen molar-refractivity contribution in [1.82, 2.24) is 9.97 Å². The number of anilines is 1. The van der Waals surface area contributed by atoms with Crippen molar-refractivity contribution < 1.29 is 0 Å². The van der Waals surface area contributed by atoms with E-state index in [0.29, 0.717) is 0 Å². The number of aromatic nitrogens is 2. The molecule has 2 aromatic rings. The van der Waals surface area contributed by atoms with Gasteiger partial charge in [0.15, 0.2) is 5.82 Å². The Labute approximate surface area is 133 Å². The molecule has 1 aliphatic carbocycles. The van der Waals surface area contributed by atoms with E-state index in [9.17, 15) is 0 Å². The van der Waals surface area contributed by atoms with Crippen LogP contribution in [0.15, 0.2) is 0 Å². The zero-order chi connectivity index (χ0) is 14.8. The van der Waals surface area contributed by atoms with Gasteiger partial charge < -0.3 is 5.43 Å². The molecule has 0 saturated heterocycles. The summed E-state index contributed by atoms with van der Waals surface area (Å²) in [6.45, 7) is 4.23. The molecule has 0 unspecified atom stereocenters. The average molecular weight is 323 g/mol. The molecule has 4 nitrogen and oxygen atoms in total. The maximum absolute atomic E-state index is 5.65. The Bertz CT molecular complexity index is 632. The quantitative estimate of drug-likeness (QED) is 0.643. The number of thioether (sulfide) groups is 1. The van der Waals surface area contributed by atoms with E-state index in [2.05, 4.69) is 24.3 Å². The molecule has 0 aliphatic heterocycles. The highest BCUT2D eigenvalue weighted by molar-refractivity contribution is 7.98. The molecule has 2 heterocycles. The molecular weight excluding hydrogens is 300 g/mol. The van der Waals surface area contributed by atoms with Gasteiger partial charge in [0.05, 0.1) is 11.1 Å². The second kappa shape index (κ2) is 6.50. The fraction of sp³-hybridized carbons (Fsp3) is 0.600. The van der Waals surface area contributed by atoms with Gasteiger partial charge in [0.1, 0.15) is 10.7 Å². The highest BCUT2D eigenvalue weighted by atomic mass is 32.2. The average Bonchev–Trinajstić information content (AvgIpc) is 3.08. The van der Waals surface area contributed by atoms with Gasteiger partial charge in [-0.2, -0.15) is 11.8 Å². The molecule has 0 spiro atoms. The normalized spacial score (nSPS) is 16.0. The first-order valence-electron chi connectivity index (χ1n) is 7.50. The molecule has 21 heavy (non-hydrogen) atoms. The van der Waals surface area contributed by atoms with Crippen LogP contribution >= 0.6 is 23.1 Å². The van der Waals surface area contributed by atoms with E-state index in [1.165, 1.54) is 41.9 Å². The Morgan fingerprint density at radius 2 is 2.05 bits per heavy atom. The van der Waals surface area contributed by atoms with Gasteiger partial charge in [-0.05, 0) is 43.9 Å². The van der Waals surface area contributed by atoms with Crippen molar-refractivity contribution in [3.05, 3.63) is 16.3 Å². The smallest absolute Gasteiger partial charge is 0.152 e. The lowest BCUT2D eigenvalue weighted by molar-refractivity contribution is 0.623. The van der Waals surface area contributed by atoms with E-state index in [0.717, 1.165) is 33.5 Å². The van der Waals surface area contributed by atoms with Crippen LogP contribution in [-0.2, 0) is 5.75 Å². The summed E-state index contributed by atoms with van der Waals surface area (Å²) >= 11 is 3.68. The molecule has 114 valence electrons. The van der Waals surface area contributed by atoms with Crippen molar-refractivity contribution in [3.63, 3.8) is 0 Å². The molecule has 0 atom stereocenters. The summed E-state index contributed by atoms with van der Waals surface area (Å²) < 4.78 is 0. The van der Waals surface area contributed by atoms with Gasteiger partial charge in [-0.3, -0.25) is 0 Å². The zero-order valence-electron chi connectivity index (χ0n) is 12.6. The minimum atomic E-state index is 0.762. The summed E-state index contributed by atoms with van der Waals surface area (Å²) in [7, 11) is 0. The molecule has 1 aliphatic rings. The number of fused-ring (bicyclic) bond motifs is 1. The standard InChI is InChI=1S/C15H22N4S2/c1-9-10(2)21-15-13(9)14(19-16)17-12(18-15)8-20-7-11-5-3-4-6-11/h11H,3-8,16H2,1-2H3,(H,17,18,19). The molecule has 3 rings (SSSR count). The molecule has 3 N–H and O–H groups in total. The maximum Gasteiger partial charge on any atom is 0.152 e. The minimum absolute atomic E-state index is 0.762. The Balaban J connectivity index is 1.76. The molecule has 0 aromatic carbocycles. The number of nitrogens with one attached hydrogen (secondary N) is 1. The first-order chi connectivity index (χ1) is 10.2. The van der Waals surface area contributed by atoms with E-state index in [1.807, 2.05) is 11.8 Å². The third-order valence-corrected chi connectivity index (χ3v) is 6.54. The van der Waals surface area contributed by atoms with Gasteiger partial charge in [-0.1, -0.05) is 12.8 Å². The van der Waals surface area contributed by atoms with Gasteiger partial charge >= 0.3 is 0 Å². The van der Waals surface area contributed by atoms with Crippen LogP contribution in [0.1, 0.15) is 41.9 Å². The Hall–Kier alpha value is -0.850. The van der Waals surface area contributed by atoms with Crippen molar-refractivity contribution in [2.45, 2.75) is 45.3 Å². The Morgan fingerprint density at radius 1 is 1.29 bits per heavy atom. The van der Waals surface area contributed by atoms with Crippen LogP contribution in [0.5, 0.6) is 0 Å². The van der Waals surface area contributed by atoms with E-state index in [4.69, 9.17) is 10.8 Å². The van der Waals surface area contributed by atoms with Crippen LogP contribution in [0.4, 0.5) is 5.82 Å². The highest BCUT2D eigenvalue weighted by Gasteiger charge is 2.16. The maximum atomic E-state index is 5.65. The van der Waals surface area contributed by atoms with E-state index in [-0.39, 0.29) is 0 Å². The second-order valence-electron chi connectivity index (χ2n) is 5.76. The lowest BCUT2D eigenvalue weighted by Crippen LogP contribution is -2.11. The van der Waals surface area contributed by atoms with E-state index >= 15 is 0 Å². The largest absolute Gasteiger partial charge is 0.308 e. The second-order valence-corrected chi connectivity index (χ2v) is 8.00. The third-order valence-electron chi connectivity index (χ3n) is 4.27. The van der Waals surface area contributed by atoms with Crippen molar-refractivity contribution in [1.29, 1.82) is 0 Å². The van der Waals surface area contributed by atoms with Crippen LogP contribution in [-0.4, -0.2) is 15.7 Å². The number of nitrogens with two attached hydrogens (primary N) is 1. The van der Waals surface area contributed by atoms with Gasteiger partial charge in [0.2, 0.25) is 0 Å². The SMILES string of the molecule is Cc1sc2nc(CSCC3CCCC3)nc(NN)c2c1C. The monoisotopic (exact) mass is 322 g/mol. The third kappa shape index (κ3) is 3.17. The van der Waals surface area contributed by atoms with Gasteiger partial charge in [-0.25, -0.2) is 15.8 Å². The fourth-order valence-corrected chi connectivity index (χ4v) is 5.10. The number of nitrogens with zero attached hydrogens (tertiary/aromatic N) is 2. The highest BCUT2D eigenvalue weighted by Crippen LogP contribution is 2.34. The number of aryl methyl sites for hydroxylation is 2. The number of hydrogen-bond donors (Lipinski definition) is 2. The lowest BCUT2D eigenvalue weighted by atomic mass is 10.1. The number of rotatable bonds is 5. The first-order valence-corrected chi connectivity index (χ1v) is 9.47. The van der Waals surface area contributed by atoms with Crippen LogP contribution in [0, 0.1) is 19.8 Å². The Kier molecular flexibility index (Phi) is 4.66. The van der Waals surface area contributed by atoms with Crippen LogP contribution < -0.4 is 11.3 Å². The predicted octanol–water partition coefficient (Wildman–Crippen LogP) is 4.02. The van der Waals surface area contributed by atoms with Crippen LogP contribution in [0.3, 0.4) is 0 Å². The van der Waals surface area contributed by atoms with Crippen LogP contribution in [0.2, 0.25) is 0 Å². The summed E-state index contributed by atoms with van der Waals surface area (Å²) in [4.78, 5) is 11.6. The predicted molar refractivity (Wildman–Crippen MR) is 92.8 cm³/mol. The Morgan fingerprint density at radius 3 is 2.76 bits per heavy atom. The summed E-state index contributed by atoms with van der Waals surface area (Å²) in [5.41, 5.74) is 3.97. The van der Waals surface area contributed by atoms with Crippen LogP contribution in [0.25, 0.3) is 10.2 Å². The number of thiophene rings is 1. The minimum Gasteiger partial charge on any atom is -0.308 e. The number of hydrazine groups is 1. The summed E-state index contributed by atoms with van der Waals surface area (Å²) in [6.07, 6.45) is 5.60. The lowest BCUT2D eigenvalue weighted by Gasteiger charge is -2.09. The molecule has 6 heteroatoms. The van der Waals surface area contributed by atoms with Gasteiger partial charge in [0, 0.05) is 4.88 Å². The number of hydrogen-bond acceptors (Lipinski definition) is 6. The molecule has 0 amide bonds. The summed E-state index contributed by atoms with van der Waals surface area (Å²) in [5.74, 6) is 10.3. The molecule has 1 saturated carbocycles. The molecule has 2 aromatic heterocycles. The van der Waals surface area contributed by atoms with Crippen molar-refractivity contribution in [2.24, 2.45) is 11.8 Å². The van der Waals surface area contributed by atoms with Gasteiger partial charge in [0.25, 0.3) is 0 Å². The molecule has 0 radical (unpaired) electrons. The summed E-state index contributed by atoms with van der Waals surface area (Å²) in [6, 6.07) is 0. The fourth-order valence-electron chi connectivity index (χ4n) is 2.96. The van der Waals surface area contributed by atoms with Crippen molar-refractivity contribution in [3.8, 4) is 0 Å². The van der Waals surface area contributed by atoms with Gasteiger partial charge in [-0.15, -0.1) is 11.3 Å². The van der Waals surface area contributed by atoms with E-state index in [1.54, 1.807) is 11.3 Å². The zero-order valence-corrected chi connectivity index (χ0v) is 14.2.